The highest BCUT2D eigenvalue weighted by atomic mass is 16.7. The zero-order valence-corrected chi connectivity index (χ0v) is 10.6. The first kappa shape index (κ1) is 10.7. The Bertz CT molecular complexity index is 620. The molecule has 0 unspecified atom stereocenters. The molecule has 0 atom stereocenters. The van der Waals surface area contributed by atoms with Crippen LogP contribution < -0.4 is 14.4 Å². The van der Waals surface area contributed by atoms with Crippen LogP contribution in [0.25, 0.3) is 11.1 Å². The second kappa shape index (κ2) is 4.19. The van der Waals surface area contributed by atoms with Crippen molar-refractivity contribution in [2.75, 3.05) is 24.8 Å². The van der Waals surface area contributed by atoms with E-state index < -0.39 is 0 Å². The summed E-state index contributed by atoms with van der Waals surface area (Å²) in [6, 6.07) is 14.8. The molecule has 96 valence electrons. The third-order valence-corrected chi connectivity index (χ3v) is 3.77. The minimum absolute atomic E-state index is 0.326. The van der Waals surface area contributed by atoms with E-state index in [0.29, 0.717) is 6.79 Å². The van der Waals surface area contributed by atoms with Gasteiger partial charge in [0.25, 0.3) is 0 Å². The molecule has 2 aliphatic heterocycles. The van der Waals surface area contributed by atoms with Gasteiger partial charge in [0.15, 0.2) is 11.5 Å². The standard InChI is InChI=1S/C16H15NO2/c1-3-12(9-14(4-1)17-7-2-8-17)13-5-6-15-16(10-13)19-11-18-15/h1,3-6,9-10H,2,7-8,11H2. The fourth-order valence-corrected chi connectivity index (χ4v) is 2.53. The maximum absolute atomic E-state index is 5.44. The first-order valence-corrected chi connectivity index (χ1v) is 6.65. The van der Waals surface area contributed by atoms with Crippen molar-refractivity contribution in [1.82, 2.24) is 0 Å². The Balaban J connectivity index is 1.71. The van der Waals surface area contributed by atoms with Crippen molar-refractivity contribution < 1.29 is 9.47 Å². The van der Waals surface area contributed by atoms with Crippen LogP contribution in [0.1, 0.15) is 6.42 Å². The number of benzene rings is 2. The fraction of sp³-hybridized carbons (Fsp3) is 0.250. The molecule has 0 amide bonds. The lowest BCUT2D eigenvalue weighted by Gasteiger charge is -2.33. The van der Waals surface area contributed by atoms with Gasteiger partial charge in [-0.1, -0.05) is 18.2 Å². The summed E-state index contributed by atoms with van der Waals surface area (Å²) in [5.41, 5.74) is 3.70. The molecule has 0 N–H and O–H groups in total. The van der Waals surface area contributed by atoms with Gasteiger partial charge in [-0.25, -0.2) is 0 Å². The Morgan fingerprint density at radius 3 is 2.53 bits per heavy atom. The first-order chi connectivity index (χ1) is 9.40. The van der Waals surface area contributed by atoms with Crippen molar-refractivity contribution in [2.45, 2.75) is 6.42 Å². The van der Waals surface area contributed by atoms with Crippen LogP contribution in [-0.4, -0.2) is 19.9 Å². The first-order valence-electron chi connectivity index (χ1n) is 6.65. The van der Waals surface area contributed by atoms with E-state index >= 15 is 0 Å². The molecule has 2 aromatic carbocycles. The van der Waals surface area contributed by atoms with Crippen LogP contribution >= 0.6 is 0 Å². The molecule has 0 aliphatic carbocycles. The second-order valence-electron chi connectivity index (χ2n) is 4.96. The third-order valence-electron chi connectivity index (χ3n) is 3.77. The predicted molar refractivity (Wildman–Crippen MR) is 74.8 cm³/mol. The maximum Gasteiger partial charge on any atom is 0.231 e. The highest BCUT2D eigenvalue weighted by Gasteiger charge is 2.16. The molecule has 3 nitrogen and oxygen atoms in total. The van der Waals surface area contributed by atoms with Gasteiger partial charge in [-0.05, 0) is 41.8 Å². The number of hydrogen-bond acceptors (Lipinski definition) is 3. The van der Waals surface area contributed by atoms with E-state index in [4.69, 9.17) is 9.47 Å². The molecule has 19 heavy (non-hydrogen) atoms. The van der Waals surface area contributed by atoms with E-state index in [2.05, 4.69) is 41.3 Å². The zero-order chi connectivity index (χ0) is 12.7. The van der Waals surface area contributed by atoms with Gasteiger partial charge in [0.2, 0.25) is 6.79 Å². The van der Waals surface area contributed by atoms with Gasteiger partial charge < -0.3 is 14.4 Å². The lowest BCUT2D eigenvalue weighted by atomic mass is 10.0. The van der Waals surface area contributed by atoms with Crippen molar-refractivity contribution in [3.8, 4) is 22.6 Å². The number of nitrogens with zero attached hydrogens (tertiary/aromatic N) is 1. The molecule has 0 spiro atoms. The van der Waals surface area contributed by atoms with Crippen LogP contribution in [0.5, 0.6) is 11.5 Å². The van der Waals surface area contributed by atoms with Gasteiger partial charge >= 0.3 is 0 Å². The average Bonchev–Trinajstić information content (AvgIpc) is 2.84. The quantitative estimate of drug-likeness (QED) is 0.819. The Hall–Kier alpha value is -2.16. The number of anilines is 1. The highest BCUT2D eigenvalue weighted by Crippen LogP contribution is 2.36. The van der Waals surface area contributed by atoms with E-state index in [0.717, 1.165) is 11.5 Å². The minimum Gasteiger partial charge on any atom is -0.454 e. The molecular weight excluding hydrogens is 238 g/mol. The summed E-state index contributed by atoms with van der Waals surface area (Å²) in [7, 11) is 0. The van der Waals surface area contributed by atoms with E-state index in [-0.39, 0.29) is 0 Å². The van der Waals surface area contributed by atoms with Gasteiger partial charge in [-0.15, -0.1) is 0 Å². The summed E-state index contributed by atoms with van der Waals surface area (Å²) >= 11 is 0. The van der Waals surface area contributed by atoms with Gasteiger partial charge in [0.05, 0.1) is 0 Å². The van der Waals surface area contributed by atoms with Crippen molar-refractivity contribution >= 4 is 5.69 Å². The van der Waals surface area contributed by atoms with Gasteiger partial charge in [0.1, 0.15) is 0 Å². The Labute approximate surface area is 112 Å². The molecule has 3 heteroatoms. The topological polar surface area (TPSA) is 21.7 Å². The van der Waals surface area contributed by atoms with E-state index in [1.807, 2.05) is 6.07 Å². The average molecular weight is 253 g/mol. The van der Waals surface area contributed by atoms with Crippen LogP contribution in [0.2, 0.25) is 0 Å². The number of hydrogen-bond donors (Lipinski definition) is 0. The van der Waals surface area contributed by atoms with E-state index in [9.17, 15) is 0 Å². The summed E-state index contributed by atoms with van der Waals surface area (Å²) in [4.78, 5) is 2.40. The number of fused-ring (bicyclic) bond motifs is 1. The predicted octanol–water partition coefficient (Wildman–Crippen LogP) is 3.29. The Morgan fingerprint density at radius 1 is 0.842 bits per heavy atom. The molecule has 2 heterocycles. The molecule has 4 rings (SSSR count). The monoisotopic (exact) mass is 253 g/mol. The maximum atomic E-state index is 5.44. The summed E-state index contributed by atoms with van der Waals surface area (Å²) in [6.45, 7) is 2.67. The van der Waals surface area contributed by atoms with E-state index in [1.165, 1.54) is 36.3 Å². The van der Waals surface area contributed by atoms with Crippen molar-refractivity contribution in [2.24, 2.45) is 0 Å². The summed E-state index contributed by atoms with van der Waals surface area (Å²) in [5, 5.41) is 0. The van der Waals surface area contributed by atoms with Crippen LogP contribution in [0.3, 0.4) is 0 Å². The van der Waals surface area contributed by atoms with Crippen molar-refractivity contribution in [3.05, 3.63) is 42.5 Å². The molecule has 0 saturated carbocycles. The van der Waals surface area contributed by atoms with Crippen LogP contribution in [0.15, 0.2) is 42.5 Å². The fourth-order valence-electron chi connectivity index (χ4n) is 2.53. The van der Waals surface area contributed by atoms with E-state index in [1.54, 1.807) is 0 Å². The summed E-state index contributed by atoms with van der Waals surface area (Å²) in [6.07, 6.45) is 1.30. The van der Waals surface area contributed by atoms with Gasteiger partial charge in [0, 0.05) is 18.8 Å². The largest absolute Gasteiger partial charge is 0.454 e. The molecule has 1 saturated heterocycles. The molecule has 2 aliphatic rings. The number of ether oxygens (including phenoxy) is 2. The molecule has 0 aromatic heterocycles. The molecule has 1 fully saturated rings. The lowest BCUT2D eigenvalue weighted by Crippen LogP contribution is -2.36. The SMILES string of the molecule is c1cc(-c2ccc3c(c2)OCO3)cc(N2CCC2)c1. The molecule has 2 aromatic rings. The Morgan fingerprint density at radius 2 is 1.68 bits per heavy atom. The second-order valence-corrected chi connectivity index (χ2v) is 4.96. The van der Waals surface area contributed by atoms with Crippen molar-refractivity contribution in [3.63, 3.8) is 0 Å². The van der Waals surface area contributed by atoms with Crippen LogP contribution in [0.4, 0.5) is 5.69 Å². The number of rotatable bonds is 2. The van der Waals surface area contributed by atoms with Gasteiger partial charge in [-0.2, -0.15) is 0 Å². The third kappa shape index (κ3) is 1.82. The molecule has 0 radical (unpaired) electrons. The molecule has 0 bridgehead atoms. The smallest absolute Gasteiger partial charge is 0.231 e. The van der Waals surface area contributed by atoms with Crippen LogP contribution in [-0.2, 0) is 0 Å². The van der Waals surface area contributed by atoms with Crippen LogP contribution in [0, 0.1) is 0 Å². The summed E-state index contributed by atoms with van der Waals surface area (Å²) in [5.74, 6) is 1.68. The Kier molecular flexibility index (Phi) is 2.37. The minimum atomic E-state index is 0.326. The van der Waals surface area contributed by atoms with Crippen molar-refractivity contribution in [1.29, 1.82) is 0 Å². The molecular formula is C16H15NO2. The highest BCUT2D eigenvalue weighted by molar-refractivity contribution is 5.71. The van der Waals surface area contributed by atoms with Gasteiger partial charge in [-0.3, -0.25) is 0 Å². The zero-order valence-electron chi connectivity index (χ0n) is 10.6. The summed E-state index contributed by atoms with van der Waals surface area (Å²) < 4.78 is 10.8. The normalized spacial score (nSPS) is 16.3. The lowest BCUT2D eigenvalue weighted by molar-refractivity contribution is 0.174.